The standard InChI is InChI=1S/C24H15BO4/c1-3-11-19-15(7-1)17-9-5-13-21(23(17)26-19)28-25-29-22-14-6-10-18-16-8-2-4-12-20(16)27-24(18)22/h1-14,25H. The Morgan fingerprint density at radius 2 is 0.931 bits per heavy atom. The van der Waals surface area contributed by atoms with E-state index in [1.807, 2.05) is 84.9 Å². The lowest BCUT2D eigenvalue weighted by molar-refractivity contribution is 0.453. The average molecular weight is 378 g/mol. The van der Waals surface area contributed by atoms with Crippen LogP contribution in [0.15, 0.2) is 93.8 Å². The van der Waals surface area contributed by atoms with Crippen molar-refractivity contribution < 1.29 is 18.1 Å². The molecule has 0 unspecified atom stereocenters. The molecular weight excluding hydrogens is 363 g/mol. The highest BCUT2D eigenvalue weighted by atomic mass is 16.6. The molecule has 2 aromatic heterocycles. The molecule has 0 saturated carbocycles. The fourth-order valence-electron chi connectivity index (χ4n) is 3.83. The molecule has 0 N–H and O–H groups in total. The highest BCUT2D eigenvalue weighted by Crippen LogP contribution is 2.36. The highest BCUT2D eigenvalue weighted by Gasteiger charge is 2.14. The van der Waals surface area contributed by atoms with Crippen molar-refractivity contribution in [3.05, 3.63) is 84.9 Å². The molecule has 0 radical (unpaired) electrons. The number of rotatable bonds is 4. The van der Waals surface area contributed by atoms with Crippen molar-refractivity contribution in [3.63, 3.8) is 0 Å². The number of fused-ring (bicyclic) bond motifs is 6. The highest BCUT2D eigenvalue weighted by molar-refractivity contribution is 6.22. The Balaban J connectivity index is 1.32. The van der Waals surface area contributed by atoms with Gasteiger partial charge in [-0.05, 0) is 24.3 Å². The molecule has 6 rings (SSSR count). The molecule has 6 aromatic rings. The molecule has 4 nitrogen and oxygen atoms in total. The molecule has 2 heterocycles. The number of hydrogen-bond donors (Lipinski definition) is 0. The van der Waals surface area contributed by atoms with E-state index >= 15 is 0 Å². The van der Waals surface area contributed by atoms with E-state index in [9.17, 15) is 0 Å². The van der Waals surface area contributed by atoms with Gasteiger partial charge in [-0.2, -0.15) is 0 Å². The summed E-state index contributed by atoms with van der Waals surface area (Å²) in [5.41, 5.74) is 3.12. The first-order chi connectivity index (χ1) is 14.4. The third-order valence-corrected chi connectivity index (χ3v) is 5.17. The Hall–Kier alpha value is -3.86. The second-order valence-corrected chi connectivity index (χ2v) is 6.87. The molecule has 0 fully saturated rings. The summed E-state index contributed by atoms with van der Waals surface area (Å²) in [6, 6.07) is 27.7. The van der Waals surface area contributed by atoms with Crippen LogP contribution in [0.2, 0.25) is 0 Å². The maximum atomic E-state index is 6.00. The zero-order valence-corrected chi connectivity index (χ0v) is 15.4. The minimum atomic E-state index is 0.0479. The minimum absolute atomic E-state index is 0.0479. The first-order valence-corrected chi connectivity index (χ1v) is 9.44. The summed E-state index contributed by atoms with van der Waals surface area (Å²) in [4.78, 5) is 0. The van der Waals surface area contributed by atoms with E-state index < -0.39 is 0 Å². The topological polar surface area (TPSA) is 44.7 Å². The summed E-state index contributed by atoms with van der Waals surface area (Å²) in [6.07, 6.45) is 0. The Morgan fingerprint density at radius 3 is 1.45 bits per heavy atom. The first-order valence-electron chi connectivity index (χ1n) is 9.44. The van der Waals surface area contributed by atoms with Crippen LogP contribution in [-0.2, 0) is 0 Å². The van der Waals surface area contributed by atoms with Crippen molar-refractivity contribution in [2.24, 2.45) is 0 Å². The van der Waals surface area contributed by atoms with Gasteiger partial charge in [0.05, 0.1) is 0 Å². The van der Waals surface area contributed by atoms with E-state index in [-0.39, 0.29) is 7.69 Å². The smallest absolute Gasteiger partial charge is 0.526 e. The van der Waals surface area contributed by atoms with Crippen LogP contribution < -0.4 is 9.31 Å². The average Bonchev–Trinajstić information content (AvgIpc) is 3.33. The van der Waals surface area contributed by atoms with Crippen LogP contribution >= 0.6 is 0 Å². The van der Waals surface area contributed by atoms with Gasteiger partial charge in [0.1, 0.15) is 22.7 Å². The first kappa shape index (κ1) is 16.1. The zero-order chi connectivity index (χ0) is 19.2. The lowest BCUT2D eigenvalue weighted by atomic mass is 10.1. The van der Waals surface area contributed by atoms with Gasteiger partial charge in [-0.15, -0.1) is 0 Å². The third kappa shape index (κ3) is 2.55. The summed E-state index contributed by atoms with van der Waals surface area (Å²) < 4.78 is 23.8. The van der Waals surface area contributed by atoms with Gasteiger partial charge in [0.2, 0.25) is 0 Å². The summed E-state index contributed by atoms with van der Waals surface area (Å²) in [6.45, 7) is 0. The molecule has 0 saturated heterocycles. The van der Waals surface area contributed by atoms with Crippen LogP contribution in [0.3, 0.4) is 0 Å². The van der Waals surface area contributed by atoms with Crippen molar-refractivity contribution in [1.82, 2.24) is 0 Å². The van der Waals surface area contributed by atoms with E-state index in [0.29, 0.717) is 11.5 Å². The van der Waals surface area contributed by atoms with Gasteiger partial charge in [0.15, 0.2) is 11.2 Å². The number of hydrogen-bond acceptors (Lipinski definition) is 4. The lowest BCUT2D eigenvalue weighted by Gasteiger charge is -2.08. The molecule has 138 valence electrons. The second-order valence-electron chi connectivity index (χ2n) is 6.87. The van der Waals surface area contributed by atoms with Gasteiger partial charge in [-0.1, -0.05) is 60.7 Å². The maximum absolute atomic E-state index is 6.00. The van der Waals surface area contributed by atoms with Crippen LogP contribution in [0.4, 0.5) is 0 Å². The van der Waals surface area contributed by atoms with Crippen LogP contribution in [0.1, 0.15) is 0 Å². The fraction of sp³-hybridized carbons (Fsp3) is 0. The molecule has 0 amide bonds. The predicted octanol–water partition coefficient (Wildman–Crippen LogP) is 6.21. The Labute approximate surface area is 166 Å². The molecule has 4 aromatic carbocycles. The molecule has 0 aliphatic heterocycles. The van der Waals surface area contributed by atoms with Gasteiger partial charge in [-0.3, -0.25) is 0 Å². The molecule has 0 aliphatic rings. The van der Waals surface area contributed by atoms with Crippen molar-refractivity contribution in [3.8, 4) is 11.5 Å². The van der Waals surface area contributed by atoms with Crippen molar-refractivity contribution in [1.29, 1.82) is 0 Å². The predicted molar refractivity (Wildman–Crippen MR) is 116 cm³/mol. The molecule has 5 heteroatoms. The van der Waals surface area contributed by atoms with Gasteiger partial charge in [0, 0.05) is 21.5 Å². The Bertz CT molecular complexity index is 1380. The summed E-state index contributed by atoms with van der Waals surface area (Å²) in [7, 11) is 0.0479. The molecule has 29 heavy (non-hydrogen) atoms. The fourth-order valence-corrected chi connectivity index (χ4v) is 3.83. The summed E-state index contributed by atoms with van der Waals surface area (Å²) in [5, 5.41) is 4.19. The van der Waals surface area contributed by atoms with Crippen molar-refractivity contribution in [2.45, 2.75) is 0 Å². The van der Waals surface area contributed by atoms with E-state index in [1.54, 1.807) is 0 Å². The normalized spacial score (nSPS) is 11.4. The lowest BCUT2D eigenvalue weighted by Crippen LogP contribution is -2.11. The van der Waals surface area contributed by atoms with E-state index in [2.05, 4.69) is 0 Å². The summed E-state index contributed by atoms with van der Waals surface area (Å²) in [5.74, 6) is 1.30. The monoisotopic (exact) mass is 378 g/mol. The quantitative estimate of drug-likeness (QED) is 0.342. The SMILES string of the molecule is B(Oc1cccc2c1oc1ccccc12)Oc1cccc2c1oc1ccccc12. The van der Waals surface area contributed by atoms with Gasteiger partial charge >= 0.3 is 7.69 Å². The third-order valence-electron chi connectivity index (χ3n) is 5.17. The maximum Gasteiger partial charge on any atom is 0.576 e. The number of furan rings is 2. The van der Waals surface area contributed by atoms with E-state index in [1.165, 1.54) is 0 Å². The molecule has 0 bridgehead atoms. The van der Waals surface area contributed by atoms with Crippen molar-refractivity contribution >= 4 is 51.6 Å². The van der Waals surface area contributed by atoms with Gasteiger partial charge in [-0.25, -0.2) is 0 Å². The van der Waals surface area contributed by atoms with Gasteiger partial charge in [0.25, 0.3) is 0 Å². The molecule has 0 aliphatic carbocycles. The molecular formula is C24H15BO4. The van der Waals surface area contributed by atoms with Crippen LogP contribution in [0, 0.1) is 0 Å². The Morgan fingerprint density at radius 1 is 0.483 bits per heavy atom. The number of para-hydroxylation sites is 4. The summed E-state index contributed by atoms with van der Waals surface area (Å²) >= 11 is 0. The van der Waals surface area contributed by atoms with Crippen LogP contribution in [-0.4, -0.2) is 7.69 Å². The van der Waals surface area contributed by atoms with Crippen LogP contribution in [0.5, 0.6) is 11.5 Å². The molecule has 0 atom stereocenters. The van der Waals surface area contributed by atoms with E-state index in [4.69, 9.17) is 18.1 Å². The van der Waals surface area contributed by atoms with Crippen molar-refractivity contribution in [2.75, 3.05) is 0 Å². The number of benzene rings is 4. The Kier molecular flexibility index (Phi) is 3.53. The van der Waals surface area contributed by atoms with Gasteiger partial charge < -0.3 is 18.1 Å². The minimum Gasteiger partial charge on any atom is -0.526 e. The van der Waals surface area contributed by atoms with E-state index in [0.717, 1.165) is 43.9 Å². The molecule has 0 spiro atoms. The largest absolute Gasteiger partial charge is 0.576 e. The second kappa shape index (κ2) is 6.35. The zero-order valence-electron chi connectivity index (χ0n) is 15.4. The van der Waals surface area contributed by atoms with Crippen LogP contribution in [0.25, 0.3) is 43.9 Å².